The summed E-state index contributed by atoms with van der Waals surface area (Å²) < 4.78 is 67.0. The van der Waals surface area contributed by atoms with Gasteiger partial charge in [0.25, 0.3) is 0 Å². The molecule has 1 heterocycles. The summed E-state index contributed by atoms with van der Waals surface area (Å²) in [5.74, 6) is 0.306. The molecule has 2 N–H and O–H groups in total. The quantitative estimate of drug-likeness (QED) is 0.381. The van der Waals surface area contributed by atoms with E-state index in [1.165, 1.54) is 25.2 Å². The molecule has 1 aromatic carbocycles. The molecule has 12 heteroatoms. The molecule has 28 heavy (non-hydrogen) atoms. The van der Waals surface area contributed by atoms with Crippen LogP contribution in [0.5, 0.6) is 5.75 Å². The zero-order valence-electron chi connectivity index (χ0n) is 14.5. The maximum Gasteiger partial charge on any atom is 0.434 e. The number of guanidine groups is 1. The van der Waals surface area contributed by atoms with Crippen LogP contribution in [0, 0.1) is 0 Å². The zero-order valence-corrected chi connectivity index (χ0v) is 16.1. The lowest BCUT2D eigenvalue weighted by molar-refractivity contribution is -0.140. The van der Waals surface area contributed by atoms with Crippen molar-refractivity contribution >= 4 is 28.9 Å². The fourth-order valence-corrected chi connectivity index (χ4v) is 3.14. The van der Waals surface area contributed by atoms with Gasteiger partial charge in [-0.2, -0.15) is 22.0 Å². The molecule has 0 aliphatic heterocycles. The van der Waals surface area contributed by atoms with Gasteiger partial charge in [-0.05, 0) is 18.2 Å². The maximum absolute atomic E-state index is 12.5. The van der Waals surface area contributed by atoms with Gasteiger partial charge in [-0.1, -0.05) is 11.6 Å². The molecule has 0 aliphatic carbocycles. The number of aliphatic imine (C=N–C) groups is 1. The van der Waals surface area contributed by atoms with Crippen LogP contribution in [-0.2, 0) is 19.1 Å². The van der Waals surface area contributed by atoms with E-state index in [1.807, 2.05) is 0 Å². The van der Waals surface area contributed by atoms with E-state index >= 15 is 0 Å². The summed E-state index contributed by atoms with van der Waals surface area (Å²) in [5, 5.41) is 7.46. The van der Waals surface area contributed by atoms with E-state index < -0.39 is 18.5 Å². The van der Waals surface area contributed by atoms with Gasteiger partial charge in [-0.3, -0.25) is 4.99 Å². The SMILES string of the molecule is CN=C(NCCc1nc(C(F)(F)F)cs1)NCc1cc(Cl)ccc1OC(F)F. The van der Waals surface area contributed by atoms with Crippen molar-refractivity contribution in [1.82, 2.24) is 15.6 Å². The number of benzene rings is 1. The number of hydrogen-bond donors (Lipinski definition) is 2. The molecule has 2 aromatic rings. The van der Waals surface area contributed by atoms with Crippen LogP contribution in [0.1, 0.15) is 16.3 Å². The van der Waals surface area contributed by atoms with Gasteiger partial charge in [-0.15, -0.1) is 11.3 Å². The average molecular weight is 443 g/mol. The van der Waals surface area contributed by atoms with Crippen molar-refractivity contribution in [3.63, 3.8) is 0 Å². The van der Waals surface area contributed by atoms with Gasteiger partial charge >= 0.3 is 12.8 Å². The molecule has 0 unspecified atom stereocenters. The minimum Gasteiger partial charge on any atom is -0.434 e. The monoisotopic (exact) mass is 442 g/mol. The molecule has 154 valence electrons. The predicted octanol–water partition coefficient (Wildman–Crippen LogP) is 4.32. The van der Waals surface area contributed by atoms with Crippen LogP contribution in [0.2, 0.25) is 5.02 Å². The van der Waals surface area contributed by atoms with Gasteiger partial charge in [0, 0.05) is 42.5 Å². The van der Waals surface area contributed by atoms with Gasteiger partial charge in [0.2, 0.25) is 0 Å². The molecular formula is C16H16ClF5N4OS. The molecule has 5 nitrogen and oxygen atoms in total. The fraction of sp³-hybridized carbons (Fsp3) is 0.375. The van der Waals surface area contributed by atoms with Crippen molar-refractivity contribution in [2.75, 3.05) is 13.6 Å². The minimum atomic E-state index is -4.46. The Morgan fingerprint density at radius 3 is 2.68 bits per heavy atom. The molecule has 0 amide bonds. The summed E-state index contributed by atoms with van der Waals surface area (Å²) in [5.41, 5.74) is -0.520. The Bertz CT molecular complexity index is 813. The van der Waals surface area contributed by atoms with Gasteiger partial charge in [-0.25, -0.2) is 4.98 Å². The lowest BCUT2D eigenvalue weighted by Crippen LogP contribution is -2.38. The first kappa shape index (κ1) is 22.2. The maximum atomic E-state index is 12.5. The summed E-state index contributed by atoms with van der Waals surface area (Å²) in [6.45, 7) is -2.60. The molecule has 0 atom stereocenters. The fourth-order valence-electron chi connectivity index (χ4n) is 2.14. The number of alkyl halides is 5. The van der Waals surface area contributed by atoms with Crippen molar-refractivity contribution < 1.29 is 26.7 Å². The number of ether oxygens (including phenoxy) is 1. The van der Waals surface area contributed by atoms with Gasteiger partial charge in [0.15, 0.2) is 11.7 Å². The van der Waals surface area contributed by atoms with Crippen molar-refractivity contribution in [2.24, 2.45) is 4.99 Å². The Morgan fingerprint density at radius 1 is 1.32 bits per heavy atom. The van der Waals surface area contributed by atoms with E-state index in [-0.39, 0.29) is 25.3 Å². The van der Waals surface area contributed by atoms with Gasteiger partial charge in [0.05, 0.1) is 5.01 Å². The standard InChI is InChI=1S/C16H16ClF5N4OS/c1-23-15(24-5-4-13-26-12(8-28-13)16(20,21)22)25-7-9-6-10(17)2-3-11(9)27-14(18)19/h2-3,6,8,14H,4-5,7H2,1H3,(H2,23,24,25). The van der Waals surface area contributed by atoms with E-state index in [2.05, 4.69) is 25.3 Å². The first-order chi connectivity index (χ1) is 13.2. The number of rotatable bonds is 7. The summed E-state index contributed by atoms with van der Waals surface area (Å²) in [7, 11) is 1.50. The highest BCUT2D eigenvalue weighted by Gasteiger charge is 2.33. The van der Waals surface area contributed by atoms with Crippen LogP contribution in [0.3, 0.4) is 0 Å². The van der Waals surface area contributed by atoms with Crippen LogP contribution >= 0.6 is 22.9 Å². The molecule has 0 spiro atoms. The molecule has 1 aromatic heterocycles. The van der Waals surface area contributed by atoms with Crippen LogP contribution in [0.4, 0.5) is 22.0 Å². The highest BCUT2D eigenvalue weighted by atomic mass is 35.5. The number of hydrogen-bond acceptors (Lipinski definition) is 4. The second kappa shape index (κ2) is 9.87. The zero-order chi connectivity index (χ0) is 20.7. The van der Waals surface area contributed by atoms with E-state index in [4.69, 9.17) is 11.6 Å². The highest BCUT2D eigenvalue weighted by molar-refractivity contribution is 7.09. The summed E-state index contributed by atoms with van der Waals surface area (Å²) in [6, 6.07) is 4.25. The lowest BCUT2D eigenvalue weighted by Gasteiger charge is -2.14. The first-order valence-electron chi connectivity index (χ1n) is 7.88. The second-order valence-electron chi connectivity index (χ2n) is 5.36. The summed E-state index contributed by atoms with van der Waals surface area (Å²) >= 11 is 6.81. The second-order valence-corrected chi connectivity index (χ2v) is 6.74. The Hall–Kier alpha value is -2.14. The molecule has 0 saturated heterocycles. The van der Waals surface area contributed by atoms with E-state index in [0.717, 1.165) is 16.7 Å². The Kier molecular flexibility index (Phi) is 7.81. The van der Waals surface area contributed by atoms with Gasteiger partial charge in [0.1, 0.15) is 5.75 Å². The first-order valence-corrected chi connectivity index (χ1v) is 9.14. The third-order valence-corrected chi connectivity index (χ3v) is 4.53. The van der Waals surface area contributed by atoms with E-state index in [1.54, 1.807) is 0 Å². The Balaban J connectivity index is 1.88. The Labute approximate surface area is 166 Å². The molecule has 0 bridgehead atoms. The molecule has 0 fully saturated rings. The highest BCUT2D eigenvalue weighted by Crippen LogP contribution is 2.30. The number of aromatic nitrogens is 1. The number of halogens is 6. The average Bonchev–Trinajstić information content (AvgIpc) is 3.09. The Morgan fingerprint density at radius 2 is 2.07 bits per heavy atom. The van der Waals surface area contributed by atoms with Crippen molar-refractivity contribution in [2.45, 2.75) is 25.8 Å². The van der Waals surface area contributed by atoms with Crippen LogP contribution in [0.15, 0.2) is 28.6 Å². The van der Waals surface area contributed by atoms with Crippen molar-refractivity contribution in [1.29, 1.82) is 0 Å². The number of nitrogens with zero attached hydrogens (tertiary/aromatic N) is 2. The van der Waals surface area contributed by atoms with E-state index in [9.17, 15) is 22.0 Å². The van der Waals surface area contributed by atoms with Gasteiger partial charge < -0.3 is 15.4 Å². The minimum absolute atomic E-state index is 0.0233. The molecule has 0 saturated carbocycles. The van der Waals surface area contributed by atoms with Crippen molar-refractivity contribution in [3.8, 4) is 5.75 Å². The summed E-state index contributed by atoms with van der Waals surface area (Å²) in [4.78, 5) is 7.50. The topological polar surface area (TPSA) is 58.5 Å². The largest absolute Gasteiger partial charge is 0.434 e. The normalized spacial score (nSPS) is 12.4. The predicted molar refractivity (Wildman–Crippen MR) is 97.1 cm³/mol. The van der Waals surface area contributed by atoms with Crippen LogP contribution in [0.25, 0.3) is 0 Å². The molecule has 0 aliphatic rings. The molecule has 2 rings (SSSR count). The summed E-state index contributed by atoms with van der Waals surface area (Å²) in [6.07, 6.45) is -4.20. The van der Waals surface area contributed by atoms with Crippen LogP contribution in [-0.4, -0.2) is 31.1 Å². The molecular weight excluding hydrogens is 427 g/mol. The number of thiazole rings is 1. The number of nitrogens with one attached hydrogen (secondary N) is 2. The smallest absolute Gasteiger partial charge is 0.434 e. The van der Waals surface area contributed by atoms with E-state index in [0.29, 0.717) is 21.6 Å². The molecule has 0 radical (unpaired) electrons. The third kappa shape index (κ3) is 6.79. The van der Waals surface area contributed by atoms with Crippen LogP contribution < -0.4 is 15.4 Å². The third-order valence-electron chi connectivity index (χ3n) is 3.38. The van der Waals surface area contributed by atoms with Crippen molar-refractivity contribution in [3.05, 3.63) is 44.9 Å². The lowest BCUT2D eigenvalue weighted by atomic mass is 10.2.